The monoisotopic (exact) mass is 282 g/mol. The molecule has 1 aromatic carbocycles. The van der Waals surface area contributed by atoms with Crippen LogP contribution in [0.15, 0.2) is 18.2 Å². The van der Waals surface area contributed by atoms with Gasteiger partial charge in [0.25, 0.3) is 0 Å². The molecular formula is C20H26O. The van der Waals surface area contributed by atoms with E-state index in [2.05, 4.69) is 39.5 Å². The van der Waals surface area contributed by atoms with Crippen LogP contribution in [0, 0.1) is 18.8 Å². The van der Waals surface area contributed by atoms with Crippen molar-refractivity contribution in [3.8, 4) is 0 Å². The summed E-state index contributed by atoms with van der Waals surface area (Å²) in [5.74, 6) is 1.65. The number of allylic oxidation sites excluding steroid dienone is 1. The van der Waals surface area contributed by atoms with Crippen molar-refractivity contribution in [3.63, 3.8) is 0 Å². The molecule has 0 bridgehead atoms. The second-order valence-electron chi connectivity index (χ2n) is 6.52. The Labute approximate surface area is 128 Å². The summed E-state index contributed by atoms with van der Waals surface area (Å²) in [7, 11) is 0. The van der Waals surface area contributed by atoms with Crippen LogP contribution in [0.5, 0.6) is 0 Å². The molecule has 0 aromatic heterocycles. The molecule has 112 valence electrons. The number of carbonyl (C=O) groups excluding carboxylic acids is 1. The topological polar surface area (TPSA) is 17.1 Å². The molecular weight excluding hydrogens is 256 g/mol. The van der Waals surface area contributed by atoms with Gasteiger partial charge < -0.3 is 4.79 Å². The Balaban J connectivity index is 0.000000774. The Morgan fingerprint density at radius 2 is 1.95 bits per heavy atom. The summed E-state index contributed by atoms with van der Waals surface area (Å²) < 4.78 is 0. The van der Waals surface area contributed by atoms with Crippen LogP contribution in [0.1, 0.15) is 54.5 Å². The lowest BCUT2D eigenvalue weighted by Gasteiger charge is -2.13. The van der Waals surface area contributed by atoms with Gasteiger partial charge in [0.15, 0.2) is 0 Å². The number of benzene rings is 1. The molecule has 0 radical (unpaired) electrons. The molecule has 2 aliphatic carbocycles. The first-order valence-electron chi connectivity index (χ1n) is 7.85. The van der Waals surface area contributed by atoms with Crippen LogP contribution in [0.3, 0.4) is 0 Å². The highest BCUT2D eigenvalue weighted by atomic mass is 16.1. The van der Waals surface area contributed by atoms with E-state index in [1.165, 1.54) is 42.4 Å². The van der Waals surface area contributed by atoms with Gasteiger partial charge in [-0.3, -0.25) is 0 Å². The molecule has 1 unspecified atom stereocenters. The molecule has 0 spiro atoms. The SMILES string of the molecule is C=Cc1cc2c(c(C)c1/C=C(\C)C1CC1)CC(C)C2.C=O. The van der Waals surface area contributed by atoms with E-state index in [0.717, 1.165) is 11.8 Å². The number of fused-ring (bicyclic) bond motifs is 1. The van der Waals surface area contributed by atoms with E-state index in [-0.39, 0.29) is 0 Å². The van der Waals surface area contributed by atoms with E-state index in [9.17, 15) is 0 Å². The molecule has 0 amide bonds. The van der Waals surface area contributed by atoms with E-state index in [1.54, 1.807) is 16.7 Å². The molecule has 0 saturated heterocycles. The predicted molar refractivity (Wildman–Crippen MR) is 91.3 cm³/mol. The van der Waals surface area contributed by atoms with Crippen LogP contribution >= 0.6 is 0 Å². The molecule has 0 N–H and O–H groups in total. The van der Waals surface area contributed by atoms with Crippen LogP contribution in [-0.2, 0) is 17.6 Å². The number of hydrogen-bond acceptors (Lipinski definition) is 1. The average molecular weight is 282 g/mol. The first-order chi connectivity index (χ1) is 10.1. The Kier molecular flexibility index (Phi) is 4.82. The van der Waals surface area contributed by atoms with E-state index >= 15 is 0 Å². The maximum Gasteiger partial charge on any atom is 0.106 e. The zero-order valence-corrected chi connectivity index (χ0v) is 13.5. The lowest BCUT2D eigenvalue weighted by atomic mass is 9.92. The fourth-order valence-corrected chi connectivity index (χ4v) is 3.48. The average Bonchev–Trinajstić information content (AvgIpc) is 3.26. The molecule has 2 aliphatic rings. The number of hydrogen-bond donors (Lipinski definition) is 0. The summed E-state index contributed by atoms with van der Waals surface area (Å²) in [5.41, 5.74) is 8.96. The molecule has 0 aliphatic heterocycles. The van der Waals surface area contributed by atoms with Crippen LogP contribution in [0.4, 0.5) is 0 Å². The third-order valence-corrected chi connectivity index (χ3v) is 4.82. The molecule has 21 heavy (non-hydrogen) atoms. The van der Waals surface area contributed by atoms with Gasteiger partial charge in [0, 0.05) is 0 Å². The summed E-state index contributed by atoms with van der Waals surface area (Å²) in [4.78, 5) is 8.00. The van der Waals surface area contributed by atoms with E-state index in [0.29, 0.717) is 0 Å². The fraction of sp³-hybridized carbons (Fsp3) is 0.450. The molecule has 1 atom stereocenters. The molecule has 3 rings (SSSR count). The third kappa shape index (κ3) is 3.18. The van der Waals surface area contributed by atoms with Gasteiger partial charge in [0.05, 0.1) is 0 Å². The first-order valence-corrected chi connectivity index (χ1v) is 7.85. The van der Waals surface area contributed by atoms with Crippen LogP contribution < -0.4 is 0 Å². The highest BCUT2D eigenvalue weighted by molar-refractivity contribution is 5.71. The first kappa shape index (κ1) is 15.8. The highest BCUT2D eigenvalue weighted by Crippen LogP contribution is 2.39. The zero-order valence-electron chi connectivity index (χ0n) is 13.5. The van der Waals surface area contributed by atoms with Crippen molar-refractivity contribution in [2.24, 2.45) is 11.8 Å². The predicted octanol–water partition coefficient (Wildman–Crippen LogP) is 5.00. The minimum absolute atomic E-state index is 0.801. The molecule has 1 fully saturated rings. The molecule has 1 aromatic rings. The summed E-state index contributed by atoms with van der Waals surface area (Å²) >= 11 is 0. The molecule has 1 nitrogen and oxygen atoms in total. The van der Waals surface area contributed by atoms with Crippen molar-refractivity contribution in [1.82, 2.24) is 0 Å². The van der Waals surface area contributed by atoms with E-state index in [1.807, 2.05) is 12.9 Å². The van der Waals surface area contributed by atoms with Crippen molar-refractivity contribution in [3.05, 3.63) is 46.0 Å². The quantitative estimate of drug-likeness (QED) is 0.762. The minimum Gasteiger partial charge on any atom is -0.307 e. The summed E-state index contributed by atoms with van der Waals surface area (Å²) in [5, 5.41) is 0. The van der Waals surface area contributed by atoms with Gasteiger partial charge in [-0.25, -0.2) is 0 Å². The molecule has 0 heterocycles. The lowest BCUT2D eigenvalue weighted by molar-refractivity contribution is -0.0979. The standard InChI is InChI=1S/C19H24.CH2O/c1-5-15-11-17-8-12(2)9-18(17)14(4)19(15)10-13(3)16-6-7-16;1-2/h5,10-12,16H,1,6-9H2,2-4H3;1H2/b13-10+;. The fourth-order valence-electron chi connectivity index (χ4n) is 3.48. The van der Waals surface area contributed by atoms with Gasteiger partial charge in [-0.1, -0.05) is 37.3 Å². The van der Waals surface area contributed by atoms with Crippen molar-refractivity contribution < 1.29 is 4.79 Å². The van der Waals surface area contributed by atoms with Crippen LogP contribution in [-0.4, -0.2) is 6.79 Å². The van der Waals surface area contributed by atoms with E-state index < -0.39 is 0 Å². The smallest absolute Gasteiger partial charge is 0.106 e. The van der Waals surface area contributed by atoms with E-state index in [4.69, 9.17) is 4.79 Å². The van der Waals surface area contributed by atoms with Crippen molar-refractivity contribution >= 4 is 18.9 Å². The second-order valence-corrected chi connectivity index (χ2v) is 6.52. The summed E-state index contributed by atoms with van der Waals surface area (Å²) in [6.07, 6.45) is 9.71. The Morgan fingerprint density at radius 3 is 2.52 bits per heavy atom. The lowest BCUT2D eigenvalue weighted by Crippen LogP contribution is -1.96. The third-order valence-electron chi connectivity index (χ3n) is 4.82. The van der Waals surface area contributed by atoms with Crippen LogP contribution in [0.2, 0.25) is 0 Å². The zero-order chi connectivity index (χ0) is 15.6. The molecule has 1 saturated carbocycles. The number of carbonyl (C=O) groups is 1. The van der Waals surface area contributed by atoms with Crippen molar-refractivity contribution in [2.45, 2.75) is 46.5 Å². The summed E-state index contributed by atoms with van der Waals surface area (Å²) in [6.45, 7) is 13.0. The maximum absolute atomic E-state index is 8.00. The second kappa shape index (κ2) is 6.43. The Hall–Kier alpha value is -1.63. The van der Waals surface area contributed by atoms with Gasteiger partial charge in [0.1, 0.15) is 6.79 Å². The Morgan fingerprint density at radius 1 is 1.29 bits per heavy atom. The van der Waals surface area contributed by atoms with Gasteiger partial charge >= 0.3 is 0 Å². The normalized spacial score (nSPS) is 20.5. The summed E-state index contributed by atoms with van der Waals surface area (Å²) in [6, 6.07) is 2.38. The van der Waals surface area contributed by atoms with Crippen molar-refractivity contribution in [1.29, 1.82) is 0 Å². The largest absolute Gasteiger partial charge is 0.307 e. The van der Waals surface area contributed by atoms with Gasteiger partial charge in [-0.2, -0.15) is 0 Å². The number of rotatable bonds is 3. The Bertz CT molecular complexity index is 576. The van der Waals surface area contributed by atoms with Gasteiger partial charge in [-0.05, 0) is 79.2 Å². The maximum atomic E-state index is 8.00. The minimum atomic E-state index is 0.801. The van der Waals surface area contributed by atoms with Gasteiger partial charge in [-0.15, -0.1) is 0 Å². The molecule has 1 heteroatoms. The van der Waals surface area contributed by atoms with Crippen molar-refractivity contribution in [2.75, 3.05) is 0 Å². The highest BCUT2D eigenvalue weighted by Gasteiger charge is 2.25. The van der Waals surface area contributed by atoms with Gasteiger partial charge in [0.2, 0.25) is 0 Å². The van der Waals surface area contributed by atoms with Crippen LogP contribution in [0.25, 0.3) is 12.2 Å².